The van der Waals surface area contributed by atoms with Crippen LogP contribution in [0.25, 0.3) is 21.5 Å². The van der Waals surface area contributed by atoms with E-state index in [2.05, 4.69) is 5.32 Å². The number of hydrogen-bond donors (Lipinski definition) is 1. The number of oxazole rings is 1. The van der Waals surface area contributed by atoms with E-state index in [9.17, 15) is 14.9 Å². The van der Waals surface area contributed by atoms with Gasteiger partial charge in [0.15, 0.2) is 11.7 Å². The number of hydrogen-bond acceptors (Lipinski definition) is 6. The largest absolute Gasteiger partial charge is 0.430 e. The number of thiophene rings is 1. The molecular weight excluding hydrogens is 378 g/mol. The molecule has 0 spiro atoms. The number of aromatic nitrogens is 1. The standard InChI is InChI=1S/C20H21N3O4S/c1-20(2,3)22-18(24)26-13(11-21)10-14-6-8-17(28-14)12-5-7-16-15(9-12)23(4)19(25)27-16/h5-9,13H,10H2,1-4H3,(H,22,24)/t13-/m0/s1. The van der Waals surface area contributed by atoms with Crippen molar-refractivity contribution in [2.24, 2.45) is 7.05 Å². The van der Waals surface area contributed by atoms with E-state index < -0.39 is 23.5 Å². The molecule has 1 N–H and O–H groups in total. The summed E-state index contributed by atoms with van der Waals surface area (Å²) >= 11 is 1.51. The summed E-state index contributed by atoms with van der Waals surface area (Å²) < 4.78 is 11.8. The fraction of sp³-hybridized carbons (Fsp3) is 0.350. The molecule has 146 valence electrons. The molecule has 0 saturated carbocycles. The molecule has 0 aliphatic rings. The number of benzene rings is 1. The number of amides is 1. The highest BCUT2D eigenvalue weighted by atomic mass is 32.1. The molecule has 1 aromatic carbocycles. The Morgan fingerprint density at radius 2 is 2.11 bits per heavy atom. The molecule has 2 heterocycles. The van der Waals surface area contributed by atoms with Crippen LogP contribution in [-0.4, -0.2) is 22.3 Å². The Kier molecular flexibility index (Phi) is 5.29. The zero-order valence-electron chi connectivity index (χ0n) is 16.1. The second-order valence-corrected chi connectivity index (χ2v) is 8.65. The SMILES string of the molecule is Cn1c(=O)oc2ccc(-c3ccc(C[C@@H](C#N)OC(=O)NC(C)(C)C)s3)cc21. The molecule has 2 aromatic heterocycles. The summed E-state index contributed by atoms with van der Waals surface area (Å²) in [7, 11) is 1.66. The van der Waals surface area contributed by atoms with E-state index in [1.165, 1.54) is 15.9 Å². The average molecular weight is 399 g/mol. The number of ether oxygens (including phenoxy) is 1. The molecule has 0 bridgehead atoms. The lowest BCUT2D eigenvalue weighted by atomic mass is 10.1. The molecule has 8 heteroatoms. The molecule has 7 nitrogen and oxygen atoms in total. The molecule has 0 fully saturated rings. The van der Waals surface area contributed by atoms with Gasteiger partial charge in [-0.1, -0.05) is 0 Å². The van der Waals surface area contributed by atoms with Crippen LogP contribution in [0.3, 0.4) is 0 Å². The summed E-state index contributed by atoms with van der Waals surface area (Å²) in [6, 6.07) is 11.4. The van der Waals surface area contributed by atoms with Crippen LogP contribution in [0.15, 0.2) is 39.5 Å². The van der Waals surface area contributed by atoms with Gasteiger partial charge in [0.25, 0.3) is 0 Å². The Labute approximate surface area is 166 Å². The summed E-state index contributed by atoms with van der Waals surface area (Å²) in [4.78, 5) is 25.4. The fourth-order valence-corrected chi connectivity index (χ4v) is 3.72. The molecule has 0 radical (unpaired) electrons. The van der Waals surface area contributed by atoms with Crippen molar-refractivity contribution < 1.29 is 13.9 Å². The fourth-order valence-electron chi connectivity index (χ4n) is 2.68. The van der Waals surface area contributed by atoms with E-state index in [1.54, 1.807) is 13.1 Å². The second-order valence-electron chi connectivity index (χ2n) is 7.48. The van der Waals surface area contributed by atoms with Crippen LogP contribution in [0.1, 0.15) is 25.6 Å². The monoisotopic (exact) mass is 399 g/mol. The van der Waals surface area contributed by atoms with E-state index in [0.717, 1.165) is 20.8 Å². The molecule has 1 amide bonds. The van der Waals surface area contributed by atoms with Crippen molar-refractivity contribution in [1.29, 1.82) is 5.26 Å². The van der Waals surface area contributed by atoms with Gasteiger partial charge in [0.05, 0.1) is 5.52 Å². The van der Waals surface area contributed by atoms with Crippen LogP contribution in [0, 0.1) is 11.3 Å². The quantitative estimate of drug-likeness (QED) is 0.719. The maximum atomic E-state index is 11.9. The molecule has 0 aliphatic carbocycles. The third-order valence-corrected chi connectivity index (χ3v) is 5.15. The number of nitriles is 1. The van der Waals surface area contributed by atoms with Crippen molar-refractivity contribution in [3.05, 3.63) is 45.8 Å². The number of aryl methyl sites for hydroxylation is 1. The molecule has 3 rings (SSSR count). The molecule has 3 aromatic rings. The Hall–Kier alpha value is -3.05. The molecule has 0 unspecified atom stereocenters. The Bertz CT molecular complexity index is 1110. The van der Waals surface area contributed by atoms with Crippen molar-refractivity contribution in [3.63, 3.8) is 0 Å². The number of nitrogens with zero attached hydrogens (tertiary/aromatic N) is 2. The number of carbonyl (C=O) groups is 1. The molecule has 0 saturated heterocycles. The first-order valence-electron chi connectivity index (χ1n) is 8.73. The van der Waals surface area contributed by atoms with Gasteiger partial charge in [-0.25, -0.2) is 9.59 Å². The van der Waals surface area contributed by atoms with Gasteiger partial charge in [-0.3, -0.25) is 4.57 Å². The Morgan fingerprint density at radius 3 is 2.79 bits per heavy atom. The van der Waals surface area contributed by atoms with Gasteiger partial charge in [-0.05, 0) is 56.7 Å². The van der Waals surface area contributed by atoms with Crippen molar-refractivity contribution in [2.45, 2.75) is 38.8 Å². The lowest BCUT2D eigenvalue weighted by Gasteiger charge is -2.21. The number of alkyl carbamates (subject to hydrolysis) is 1. The maximum Gasteiger partial charge on any atom is 0.419 e. The lowest BCUT2D eigenvalue weighted by Crippen LogP contribution is -2.42. The van der Waals surface area contributed by atoms with Gasteiger partial charge in [0.1, 0.15) is 6.07 Å². The summed E-state index contributed by atoms with van der Waals surface area (Å²) in [5, 5.41) is 12.0. The lowest BCUT2D eigenvalue weighted by molar-refractivity contribution is 0.115. The average Bonchev–Trinajstić information content (AvgIpc) is 3.17. The van der Waals surface area contributed by atoms with Crippen LogP contribution in [0.4, 0.5) is 4.79 Å². The van der Waals surface area contributed by atoms with E-state index in [1.807, 2.05) is 51.1 Å². The maximum absolute atomic E-state index is 11.9. The van der Waals surface area contributed by atoms with E-state index in [-0.39, 0.29) is 0 Å². The Morgan fingerprint density at radius 1 is 1.36 bits per heavy atom. The van der Waals surface area contributed by atoms with Gasteiger partial charge < -0.3 is 14.5 Å². The topological polar surface area (TPSA) is 97.3 Å². The molecule has 28 heavy (non-hydrogen) atoms. The van der Waals surface area contributed by atoms with Crippen molar-refractivity contribution >= 4 is 28.5 Å². The predicted molar refractivity (Wildman–Crippen MR) is 107 cm³/mol. The van der Waals surface area contributed by atoms with Crippen molar-refractivity contribution in [3.8, 4) is 16.5 Å². The van der Waals surface area contributed by atoms with E-state index in [0.29, 0.717) is 12.0 Å². The zero-order chi connectivity index (χ0) is 20.5. The van der Waals surface area contributed by atoms with Gasteiger partial charge in [0, 0.05) is 28.8 Å². The molecule has 1 atom stereocenters. The molecular formula is C20H21N3O4S. The minimum Gasteiger partial charge on any atom is -0.430 e. The van der Waals surface area contributed by atoms with Crippen LogP contribution >= 0.6 is 11.3 Å². The van der Waals surface area contributed by atoms with Crippen molar-refractivity contribution in [1.82, 2.24) is 9.88 Å². The Balaban J connectivity index is 1.74. The number of carbonyl (C=O) groups excluding carboxylic acids is 1. The van der Waals surface area contributed by atoms with Crippen molar-refractivity contribution in [2.75, 3.05) is 0 Å². The second kappa shape index (κ2) is 7.52. The highest BCUT2D eigenvalue weighted by Crippen LogP contribution is 2.31. The van der Waals surface area contributed by atoms with Gasteiger partial charge in [-0.2, -0.15) is 5.26 Å². The van der Waals surface area contributed by atoms with Gasteiger partial charge in [-0.15, -0.1) is 11.3 Å². The minimum atomic E-state index is -0.869. The predicted octanol–water partition coefficient (Wildman–Crippen LogP) is 3.82. The van der Waals surface area contributed by atoms with Crippen LogP contribution in [-0.2, 0) is 18.2 Å². The summed E-state index contributed by atoms with van der Waals surface area (Å²) in [6.07, 6.45) is -1.17. The first kappa shape index (κ1) is 19.7. The number of nitrogens with one attached hydrogen (secondary N) is 1. The highest BCUT2D eigenvalue weighted by molar-refractivity contribution is 7.15. The zero-order valence-corrected chi connectivity index (χ0v) is 16.9. The highest BCUT2D eigenvalue weighted by Gasteiger charge is 2.20. The van der Waals surface area contributed by atoms with Gasteiger partial charge in [0.2, 0.25) is 0 Å². The van der Waals surface area contributed by atoms with E-state index in [4.69, 9.17) is 9.15 Å². The summed E-state index contributed by atoms with van der Waals surface area (Å²) in [5.41, 5.74) is 1.77. The minimum absolute atomic E-state index is 0.311. The number of rotatable bonds is 4. The third kappa shape index (κ3) is 4.43. The summed E-state index contributed by atoms with van der Waals surface area (Å²) in [5.74, 6) is -0.401. The van der Waals surface area contributed by atoms with Crippen LogP contribution in [0.2, 0.25) is 0 Å². The normalized spacial score (nSPS) is 12.5. The van der Waals surface area contributed by atoms with Gasteiger partial charge >= 0.3 is 11.8 Å². The first-order chi connectivity index (χ1) is 13.2. The van der Waals surface area contributed by atoms with Crippen LogP contribution < -0.4 is 11.1 Å². The van der Waals surface area contributed by atoms with E-state index >= 15 is 0 Å². The number of fused-ring (bicyclic) bond motifs is 1. The molecule has 0 aliphatic heterocycles. The summed E-state index contributed by atoms with van der Waals surface area (Å²) in [6.45, 7) is 5.52. The first-order valence-corrected chi connectivity index (χ1v) is 9.55. The smallest absolute Gasteiger partial charge is 0.419 e. The van der Waals surface area contributed by atoms with Crippen LogP contribution in [0.5, 0.6) is 0 Å². The third-order valence-electron chi connectivity index (χ3n) is 3.99.